The smallest absolute Gasteiger partial charge is 0.329 e. The van der Waals surface area contributed by atoms with E-state index in [9.17, 15) is 24.5 Å². The van der Waals surface area contributed by atoms with Gasteiger partial charge in [0.15, 0.2) is 0 Å². The molecule has 0 aliphatic carbocycles. The largest absolute Gasteiger partial charge is 0.469 e. The molecule has 0 bridgehead atoms. The second-order valence-corrected chi connectivity index (χ2v) is 4.96. The van der Waals surface area contributed by atoms with E-state index in [1.54, 1.807) is 0 Å². The summed E-state index contributed by atoms with van der Waals surface area (Å²) in [4.78, 5) is 45.4. The van der Waals surface area contributed by atoms with Gasteiger partial charge in [-0.05, 0) is 5.56 Å². The van der Waals surface area contributed by atoms with Crippen molar-refractivity contribution in [3.8, 4) is 0 Å². The number of non-ortho nitro benzene ring substituents is 1. The lowest BCUT2D eigenvalue weighted by atomic mass is 9.88. The Labute approximate surface area is 142 Å². The minimum Gasteiger partial charge on any atom is -0.469 e. The summed E-state index contributed by atoms with van der Waals surface area (Å²) in [7, 11) is 2.26. The second-order valence-electron chi connectivity index (χ2n) is 4.96. The van der Waals surface area contributed by atoms with E-state index in [1.165, 1.54) is 24.3 Å². The summed E-state index contributed by atoms with van der Waals surface area (Å²) in [6, 6.07) is 3.87. The highest BCUT2D eigenvalue weighted by Crippen LogP contribution is 2.27. The highest BCUT2D eigenvalue weighted by atomic mass is 16.6. The van der Waals surface area contributed by atoms with Gasteiger partial charge in [-0.1, -0.05) is 12.1 Å². The molecule has 1 aromatic carbocycles. The number of ether oxygens (including phenoxy) is 2. The van der Waals surface area contributed by atoms with E-state index >= 15 is 0 Å². The quantitative estimate of drug-likeness (QED) is 0.374. The normalized spacial score (nSPS) is 12.6. The number of hydrogen-bond donors (Lipinski definition) is 2. The fourth-order valence-corrected chi connectivity index (χ4v) is 2.20. The lowest BCUT2D eigenvalue weighted by Crippen LogP contribution is -2.47. The molecule has 0 spiro atoms. The molecule has 0 heterocycles. The SMILES string of the molecule is COC(=O)C[C@H](c1ccc([N+](=O)[O-])cc1)[C@H](NC(=O)CO)C(=O)OC. The first-order chi connectivity index (χ1) is 11.8. The van der Waals surface area contributed by atoms with Gasteiger partial charge < -0.3 is 19.9 Å². The van der Waals surface area contributed by atoms with Crippen LogP contribution in [0.2, 0.25) is 0 Å². The fourth-order valence-electron chi connectivity index (χ4n) is 2.20. The predicted molar refractivity (Wildman–Crippen MR) is 83.5 cm³/mol. The summed E-state index contributed by atoms with van der Waals surface area (Å²) < 4.78 is 9.24. The number of esters is 2. The predicted octanol–water partition coefficient (Wildman–Crippen LogP) is -0.108. The van der Waals surface area contributed by atoms with Gasteiger partial charge in [-0.2, -0.15) is 0 Å². The zero-order valence-corrected chi connectivity index (χ0v) is 13.6. The van der Waals surface area contributed by atoms with Crippen molar-refractivity contribution in [1.29, 1.82) is 0 Å². The monoisotopic (exact) mass is 354 g/mol. The Bertz CT molecular complexity index is 643. The molecule has 0 aliphatic heterocycles. The second kappa shape index (κ2) is 9.33. The Balaban J connectivity index is 3.26. The Morgan fingerprint density at radius 1 is 1.20 bits per heavy atom. The van der Waals surface area contributed by atoms with E-state index in [1.807, 2.05) is 0 Å². The van der Waals surface area contributed by atoms with Gasteiger partial charge in [-0.25, -0.2) is 4.79 Å². The molecule has 136 valence electrons. The van der Waals surface area contributed by atoms with E-state index < -0.39 is 41.3 Å². The Hall–Kier alpha value is -3.01. The van der Waals surface area contributed by atoms with E-state index in [0.717, 1.165) is 14.2 Å². The third-order valence-corrected chi connectivity index (χ3v) is 3.46. The van der Waals surface area contributed by atoms with Crippen LogP contribution in [0.4, 0.5) is 5.69 Å². The number of nitrogens with zero attached hydrogens (tertiary/aromatic N) is 1. The molecule has 10 nitrogen and oxygen atoms in total. The number of carbonyl (C=O) groups is 3. The Morgan fingerprint density at radius 2 is 1.80 bits per heavy atom. The molecule has 0 saturated heterocycles. The maximum Gasteiger partial charge on any atom is 0.329 e. The van der Waals surface area contributed by atoms with Crippen molar-refractivity contribution in [3.63, 3.8) is 0 Å². The van der Waals surface area contributed by atoms with Gasteiger partial charge in [0.05, 0.1) is 25.6 Å². The van der Waals surface area contributed by atoms with E-state index in [2.05, 4.69) is 14.8 Å². The van der Waals surface area contributed by atoms with E-state index in [0.29, 0.717) is 5.56 Å². The van der Waals surface area contributed by atoms with Crippen LogP contribution in [-0.2, 0) is 23.9 Å². The van der Waals surface area contributed by atoms with Gasteiger partial charge >= 0.3 is 11.9 Å². The zero-order valence-electron chi connectivity index (χ0n) is 13.6. The minimum absolute atomic E-state index is 0.172. The minimum atomic E-state index is -1.29. The number of nitrogens with one attached hydrogen (secondary N) is 1. The molecule has 0 radical (unpaired) electrons. The zero-order chi connectivity index (χ0) is 19.0. The number of nitro groups is 1. The molecule has 0 fully saturated rings. The van der Waals surface area contributed by atoms with E-state index in [-0.39, 0.29) is 12.1 Å². The molecular weight excluding hydrogens is 336 g/mol. The summed E-state index contributed by atoms with van der Waals surface area (Å²) in [5.74, 6) is -3.24. The number of methoxy groups -OCH3 is 2. The van der Waals surface area contributed by atoms with E-state index in [4.69, 9.17) is 5.11 Å². The van der Waals surface area contributed by atoms with Crippen molar-refractivity contribution in [2.45, 2.75) is 18.4 Å². The lowest BCUT2D eigenvalue weighted by molar-refractivity contribution is -0.384. The van der Waals surface area contributed by atoms with Crippen LogP contribution in [-0.4, -0.2) is 54.7 Å². The van der Waals surface area contributed by atoms with Gasteiger partial charge in [0.25, 0.3) is 5.69 Å². The number of hydrogen-bond acceptors (Lipinski definition) is 8. The summed E-state index contributed by atoms with van der Waals surface area (Å²) >= 11 is 0. The van der Waals surface area contributed by atoms with Gasteiger partial charge in [-0.3, -0.25) is 19.7 Å². The van der Waals surface area contributed by atoms with Gasteiger partial charge in [0.1, 0.15) is 12.6 Å². The number of rotatable bonds is 8. The van der Waals surface area contributed by atoms with Crippen LogP contribution < -0.4 is 5.32 Å². The van der Waals surface area contributed by atoms with Crippen LogP contribution in [0.3, 0.4) is 0 Å². The third-order valence-electron chi connectivity index (χ3n) is 3.46. The average Bonchev–Trinajstić information content (AvgIpc) is 2.63. The number of benzene rings is 1. The van der Waals surface area contributed by atoms with Crippen molar-refractivity contribution in [1.82, 2.24) is 5.32 Å². The Kier molecular flexibility index (Phi) is 7.47. The van der Waals surface area contributed by atoms with Crippen LogP contribution in [0.1, 0.15) is 17.9 Å². The molecule has 10 heteroatoms. The lowest BCUT2D eigenvalue weighted by Gasteiger charge is -2.25. The molecule has 0 saturated carbocycles. The number of nitro benzene ring substituents is 1. The molecule has 2 N–H and O–H groups in total. The molecule has 1 rings (SSSR count). The summed E-state index contributed by atoms with van der Waals surface area (Å²) in [6.45, 7) is -0.862. The van der Waals surface area contributed by atoms with Crippen LogP contribution in [0, 0.1) is 10.1 Å². The number of aliphatic hydroxyl groups excluding tert-OH is 1. The molecule has 0 unspecified atom stereocenters. The number of amides is 1. The molecule has 0 aromatic heterocycles. The van der Waals surface area contributed by atoms with Crippen LogP contribution in [0.5, 0.6) is 0 Å². The third kappa shape index (κ3) is 5.53. The summed E-state index contributed by atoms with van der Waals surface area (Å²) in [5.41, 5.74) is 0.208. The number of aliphatic hydroxyl groups is 1. The highest BCUT2D eigenvalue weighted by molar-refractivity contribution is 5.86. The standard InChI is InChI=1S/C15H18N2O8/c1-24-13(20)7-11(9-3-5-10(6-4-9)17(22)23)14(15(21)25-2)16-12(19)8-18/h3-6,11,14,18H,7-8H2,1-2H3,(H,16,19)/t11-,14+/m1/s1. The molecule has 0 aliphatic rings. The van der Waals surface area contributed by atoms with Gasteiger partial charge in [0.2, 0.25) is 5.91 Å². The molecule has 1 amide bonds. The molecular formula is C15H18N2O8. The maximum absolute atomic E-state index is 12.0. The molecule has 1 aromatic rings. The van der Waals surface area contributed by atoms with Crippen molar-refractivity contribution in [2.24, 2.45) is 0 Å². The van der Waals surface area contributed by atoms with Crippen molar-refractivity contribution in [2.75, 3.05) is 20.8 Å². The molecule has 25 heavy (non-hydrogen) atoms. The van der Waals surface area contributed by atoms with Crippen LogP contribution in [0.25, 0.3) is 0 Å². The van der Waals surface area contributed by atoms with Crippen molar-refractivity contribution in [3.05, 3.63) is 39.9 Å². The first-order valence-corrected chi connectivity index (χ1v) is 7.13. The van der Waals surface area contributed by atoms with Gasteiger partial charge in [-0.15, -0.1) is 0 Å². The first-order valence-electron chi connectivity index (χ1n) is 7.13. The van der Waals surface area contributed by atoms with Crippen LogP contribution >= 0.6 is 0 Å². The fraction of sp³-hybridized carbons (Fsp3) is 0.400. The summed E-state index contributed by atoms with van der Waals surface area (Å²) in [5, 5.41) is 21.9. The van der Waals surface area contributed by atoms with Crippen LogP contribution in [0.15, 0.2) is 24.3 Å². The van der Waals surface area contributed by atoms with Crippen molar-refractivity contribution < 1.29 is 33.9 Å². The average molecular weight is 354 g/mol. The van der Waals surface area contributed by atoms with Gasteiger partial charge in [0, 0.05) is 18.1 Å². The van der Waals surface area contributed by atoms with Crippen molar-refractivity contribution >= 4 is 23.5 Å². The molecule has 2 atom stereocenters. The first kappa shape index (κ1) is 20.0. The topological polar surface area (TPSA) is 145 Å². The Morgan fingerprint density at radius 3 is 2.24 bits per heavy atom. The maximum atomic E-state index is 12.0. The number of carbonyl (C=O) groups excluding carboxylic acids is 3. The highest BCUT2D eigenvalue weighted by Gasteiger charge is 2.34. The summed E-state index contributed by atoms with van der Waals surface area (Å²) in [6.07, 6.45) is -0.292.